The molecule has 4 rings (SSSR count). The van der Waals surface area contributed by atoms with E-state index in [4.69, 9.17) is 5.73 Å². The molecule has 126 valence electrons. The molecule has 1 aliphatic carbocycles. The van der Waals surface area contributed by atoms with Crippen molar-refractivity contribution in [2.75, 3.05) is 13.1 Å². The highest BCUT2D eigenvalue weighted by Crippen LogP contribution is 2.33. The Kier molecular flexibility index (Phi) is 3.88. The standard InChI is InChI=1S/C17H20N4O2S/c18-16(22)13-8-12(19-20-13)11-4-2-6-21(9-11)17(23)15-7-10-3-1-5-14(10)24-15/h7-8,11H,1-6,9H2,(H2,18,22)(H,19,20). The fraction of sp³-hybridized carbons (Fsp3) is 0.471. The minimum absolute atomic E-state index is 0.133. The topological polar surface area (TPSA) is 92.1 Å². The van der Waals surface area contributed by atoms with Crippen LogP contribution in [0.4, 0.5) is 0 Å². The molecule has 0 aromatic carbocycles. The number of hydrogen-bond donors (Lipinski definition) is 2. The maximum Gasteiger partial charge on any atom is 0.269 e. The summed E-state index contributed by atoms with van der Waals surface area (Å²) in [5.41, 5.74) is 7.75. The van der Waals surface area contributed by atoms with E-state index in [2.05, 4.69) is 16.3 Å². The van der Waals surface area contributed by atoms with E-state index in [0.717, 1.165) is 42.8 Å². The van der Waals surface area contributed by atoms with Crippen molar-refractivity contribution in [3.05, 3.63) is 38.8 Å². The zero-order valence-electron chi connectivity index (χ0n) is 13.4. The molecule has 1 aliphatic heterocycles. The Bertz CT molecular complexity index is 773. The number of nitrogens with one attached hydrogen (secondary N) is 1. The number of nitrogens with two attached hydrogens (primary N) is 1. The molecule has 2 aromatic heterocycles. The number of aromatic nitrogens is 2. The van der Waals surface area contributed by atoms with Crippen molar-refractivity contribution in [1.82, 2.24) is 15.1 Å². The molecule has 1 fully saturated rings. The van der Waals surface area contributed by atoms with E-state index in [1.807, 2.05) is 4.90 Å². The summed E-state index contributed by atoms with van der Waals surface area (Å²) < 4.78 is 0. The van der Waals surface area contributed by atoms with Crippen LogP contribution in [0.5, 0.6) is 0 Å². The van der Waals surface area contributed by atoms with E-state index >= 15 is 0 Å². The number of thiophene rings is 1. The molecule has 0 saturated carbocycles. The van der Waals surface area contributed by atoms with Gasteiger partial charge < -0.3 is 10.6 Å². The number of aromatic amines is 1. The molecule has 24 heavy (non-hydrogen) atoms. The van der Waals surface area contributed by atoms with Crippen LogP contribution in [0.15, 0.2) is 12.1 Å². The largest absolute Gasteiger partial charge is 0.364 e. The normalized spacial score (nSPS) is 20.2. The number of primary amides is 1. The van der Waals surface area contributed by atoms with Gasteiger partial charge in [0.2, 0.25) is 0 Å². The number of fused-ring (bicyclic) bond motifs is 1. The van der Waals surface area contributed by atoms with Crippen molar-refractivity contribution in [3.8, 4) is 0 Å². The Morgan fingerprint density at radius 3 is 2.92 bits per heavy atom. The Morgan fingerprint density at radius 1 is 1.29 bits per heavy atom. The predicted molar refractivity (Wildman–Crippen MR) is 91.3 cm³/mol. The molecule has 2 amide bonds. The summed E-state index contributed by atoms with van der Waals surface area (Å²) in [6.07, 6.45) is 5.35. The Labute approximate surface area is 144 Å². The first-order chi connectivity index (χ1) is 11.6. The number of rotatable bonds is 3. The third-order valence-corrected chi connectivity index (χ3v) is 6.18. The van der Waals surface area contributed by atoms with Gasteiger partial charge in [0.05, 0.1) is 4.88 Å². The number of carbonyl (C=O) groups excluding carboxylic acids is 2. The SMILES string of the molecule is NC(=O)c1cc(C2CCCN(C(=O)c3cc4c(s3)CCC4)C2)[nH]n1. The molecule has 1 saturated heterocycles. The Morgan fingerprint density at radius 2 is 2.17 bits per heavy atom. The summed E-state index contributed by atoms with van der Waals surface area (Å²) in [6, 6.07) is 3.79. The zero-order chi connectivity index (χ0) is 16.7. The van der Waals surface area contributed by atoms with Crippen molar-refractivity contribution in [2.24, 2.45) is 5.73 Å². The van der Waals surface area contributed by atoms with Gasteiger partial charge in [0.1, 0.15) is 5.69 Å². The minimum Gasteiger partial charge on any atom is -0.364 e. The van der Waals surface area contributed by atoms with Crippen molar-refractivity contribution in [3.63, 3.8) is 0 Å². The molecule has 7 heteroatoms. The first kappa shape index (κ1) is 15.4. The molecule has 6 nitrogen and oxygen atoms in total. The average Bonchev–Trinajstić information content (AvgIpc) is 3.29. The van der Waals surface area contributed by atoms with Crippen molar-refractivity contribution < 1.29 is 9.59 Å². The monoisotopic (exact) mass is 344 g/mol. The summed E-state index contributed by atoms with van der Waals surface area (Å²) in [6.45, 7) is 1.44. The highest BCUT2D eigenvalue weighted by atomic mass is 32.1. The maximum absolute atomic E-state index is 12.8. The quantitative estimate of drug-likeness (QED) is 0.893. The van der Waals surface area contributed by atoms with E-state index in [0.29, 0.717) is 6.54 Å². The smallest absolute Gasteiger partial charge is 0.269 e. The van der Waals surface area contributed by atoms with Crippen molar-refractivity contribution in [1.29, 1.82) is 0 Å². The van der Waals surface area contributed by atoms with Crippen LogP contribution in [0.1, 0.15) is 61.5 Å². The lowest BCUT2D eigenvalue weighted by Crippen LogP contribution is -2.38. The number of hydrogen-bond acceptors (Lipinski definition) is 4. The van der Waals surface area contributed by atoms with Gasteiger partial charge in [-0.3, -0.25) is 14.7 Å². The van der Waals surface area contributed by atoms with E-state index < -0.39 is 5.91 Å². The van der Waals surface area contributed by atoms with Crippen LogP contribution in [0.25, 0.3) is 0 Å². The number of carbonyl (C=O) groups is 2. The molecule has 3 heterocycles. The number of nitrogens with zero attached hydrogens (tertiary/aromatic N) is 2. The highest BCUT2D eigenvalue weighted by Gasteiger charge is 2.29. The van der Waals surface area contributed by atoms with Gasteiger partial charge in [0, 0.05) is 29.6 Å². The van der Waals surface area contributed by atoms with Gasteiger partial charge in [-0.15, -0.1) is 11.3 Å². The van der Waals surface area contributed by atoms with Crippen LogP contribution in [0, 0.1) is 0 Å². The van der Waals surface area contributed by atoms with Gasteiger partial charge in [-0.05, 0) is 49.8 Å². The summed E-state index contributed by atoms with van der Waals surface area (Å²) in [4.78, 5) is 28.2. The second kappa shape index (κ2) is 6.05. The van der Waals surface area contributed by atoms with Gasteiger partial charge >= 0.3 is 0 Å². The number of piperidine rings is 1. The predicted octanol–water partition coefficient (Wildman–Crippen LogP) is 2.08. The van der Waals surface area contributed by atoms with Crippen molar-refractivity contribution >= 4 is 23.2 Å². The molecule has 0 radical (unpaired) electrons. The van der Waals surface area contributed by atoms with Crippen LogP contribution in [-0.4, -0.2) is 40.0 Å². The van der Waals surface area contributed by atoms with Crippen LogP contribution >= 0.6 is 11.3 Å². The van der Waals surface area contributed by atoms with Gasteiger partial charge in [-0.2, -0.15) is 5.10 Å². The third-order valence-electron chi connectivity index (χ3n) is 4.96. The average molecular weight is 344 g/mol. The van der Waals surface area contributed by atoms with Gasteiger partial charge in [0.25, 0.3) is 11.8 Å². The van der Waals surface area contributed by atoms with E-state index in [9.17, 15) is 9.59 Å². The van der Waals surface area contributed by atoms with Crippen LogP contribution < -0.4 is 5.73 Å². The zero-order valence-corrected chi connectivity index (χ0v) is 14.2. The van der Waals surface area contributed by atoms with Crippen LogP contribution in [0.3, 0.4) is 0 Å². The number of likely N-dealkylation sites (tertiary alicyclic amines) is 1. The summed E-state index contributed by atoms with van der Waals surface area (Å²) >= 11 is 1.66. The fourth-order valence-corrected chi connectivity index (χ4v) is 4.90. The molecule has 0 bridgehead atoms. The first-order valence-corrected chi connectivity index (χ1v) is 9.19. The Hall–Kier alpha value is -2.15. The van der Waals surface area contributed by atoms with Crippen molar-refractivity contribution in [2.45, 2.75) is 38.0 Å². The first-order valence-electron chi connectivity index (χ1n) is 8.38. The summed E-state index contributed by atoms with van der Waals surface area (Å²) in [5, 5.41) is 6.85. The lowest BCUT2D eigenvalue weighted by Gasteiger charge is -2.32. The highest BCUT2D eigenvalue weighted by molar-refractivity contribution is 7.14. The molecular weight excluding hydrogens is 324 g/mol. The fourth-order valence-electron chi connectivity index (χ4n) is 3.68. The summed E-state index contributed by atoms with van der Waals surface area (Å²) in [7, 11) is 0. The molecule has 0 spiro atoms. The third kappa shape index (κ3) is 2.73. The Balaban J connectivity index is 1.49. The molecule has 2 aliphatic rings. The molecule has 1 atom stereocenters. The lowest BCUT2D eigenvalue weighted by atomic mass is 9.94. The molecular formula is C17H20N4O2S. The van der Waals surface area contributed by atoms with E-state index in [1.165, 1.54) is 16.9 Å². The van der Waals surface area contributed by atoms with Gasteiger partial charge in [-0.25, -0.2) is 0 Å². The summed E-state index contributed by atoms with van der Waals surface area (Å²) in [5.74, 6) is -0.224. The van der Waals surface area contributed by atoms with Gasteiger partial charge in [-0.1, -0.05) is 0 Å². The number of H-pyrrole nitrogens is 1. The lowest BCUT2D eigenvalue weighted by molar-refractivity contribution is 0.0710. The number of aryl methyl sites for hydroxylation is 2. The molecule has 1 unspecified atom stereocenters. The second-order valence-corrected chi connectivity index (χ2v) is 7.71. The number of amides is 2. The van der Waals surface area contributed by atoms with Gasteiger partial charge in [0.15, 0.2) is 0 Å². The van der Waals surface area contributed by atoms with Crippen LogP contribution in [-0.2, 0) is 12.8 Å². The van der Waals surface area contributed by atoms with Crippen LogP contribution in [0.2, 0.25) is 0 Å². The van der Waals surface area contributed by atoms with E-state index in [1.54, 1.807) is 17.4 Å². The second-order valence-electron chi connectivity index (χ2n) is 6.58. The minimum atomic E-state index is -0.533. The molecule has 2 aromatic rings. The van der Waals surface area contributed by atoms with E-state index in [-0.39, 0.29) is 17.5 Å². The molecule has 3 N–H and O–H groups in total. The maximum atomic E-state index is 12.8.